The molecule has 7 nitrogen and oxygen atoms in total. The molecule has 2 aromatic heterocycles. The van der Waals surface area contributed by atoms with Crippen molar-refractivity contribution in [1.29, 1.82) is 0 Å². The Morgan fingerprint density at radius 2 is 1.73 bits per heavy atom. The summed E-state index contributed by atoms with van der Waals surface area (Å²) in [5.74, 6) is 2.13. The Hall–Kier alpha value is -4.08. The number of aromatic nitrogens is 4. The summed E-state index contributed by atoms with van der Waals surface area (Å²) < 4.78 is 33.2. The third-order valence-corrected chi connectivity index (χ3v) is 8.19. The van der Waals surface area contributed by atoms with E-state index in [2.05, 4.69) is 16.8 Å². The fourth-order valence-electron chi connectivity index (χ4n) is 4.61. The molecule has 0 aliphatic heterocycles. The Kier molecular flexibility index (Phi) is 8.46. The second kappa shape index (κ2) is 12.2. The Bertz CT molecular complexity index is 1730. The zero-order valence-electron chi connectivity index (χ0n) is 23.1. The molecule has 0 N–H and O–H groups in total. The first kappa shape index (κ1) is 28.4. The summed E-state index contributed by atoms with van der Waals surface area (Å²) in [6, 6.07) is 16.6. The van der Waals surface area contributed by atoms with Gasteiger partial charge in [0.1, 0.15) is 5.82 Å². The molecule has 3 aromatic carbocycles. The number of pyridine rings is 1. The van der Waals surface area contributed by atoms with E-state index in [0.717, 1.165) is 27.6 Å². The molecule has 5 aromatic rings. The molecule has 5 rings (SSSR count). The third kappa shape index (κ3) is 5.47. The van der Waals surface area contributed by atoms with Crippen molar-refractivity contribution in [3.05, 3.63) is 89.2 Å². The minimum absolute atomic E-state index is 0.301. The summed E-state index contributed by atoms with van der Waals surface area (Å²) in [7, 11) is 4.72. The van der Waals surface area contributed by atoms with Gasteiger partial charge < -0.3 is 14.2 Å². The van der Waals surface area contributed by atoms with Crippen LogP contribution >= 0.6 is 23.4 Å². The number of para-hydroxylation sites is 1. The first-order valence-electron chi connectivity index (χ1n) is 12.7. The van der Waals surface area contributed by atoms with Gasteiger partial charge in [-0.15, -0.1) is 16.8 Å². The van der Waals surface area contributed by atoms with Crippen molar-refractivity contribution >= 4 is 34.3 Å². The number of rotatable bonds is 10. The molecule has 0 amide bonds. The molecular weight excluding hydrogens is 563 g/mol. The molecule has 0 fully saturated rings. The molecule has 0 saturated carbocycles. The van der Waals surface area contributed by atoms with Crippen molar-refractivity contribution in [2.75, 3.05) is 21.3 Å². The summed E-state index contributed by atoms with van der Waals surface area (Å²) in [5.41, 5.74) is 4.34. The van der Waals surface area contributed by atoms with Crippen LogP contribution in [-0.4, -0.2) is 41.1 Å². The molecule has 210 valence electrons. The molecule has 0 spiro atoms. The monoisotopic (exact) mass is 590 g/mol. The van der Waals surface area contributed by atoms with Crippen LogP contribution in [0.25, 0.3) is 33.5 Å². The zero-order chi connectivity index (χ0) is 29.1. The number of methoxy groups -OCH3 is 3. The van der Waals surface area contributed by atoms with Gasteiger partial charge in [0.25, 0.3) is 0 Å². The van der Waals surface area contributed by atoms with Gasteiger partial charge in [0.2, 0.25) is 5.75 Å². The number of hydrogen-bond donors (Lipinski definition) is 0. The lowest BCUT2D eigenvalue weighted by atomic mass is 10.0. The quantitative estimate of drug-likeness (QED) is 0.122. The zero-order valence-corrected chi connectivity index (χ0v) is 24.6. The van der Waals surface area contributed by atoms with Crippen LogP contribution in [-0.2, 0) is 12.3 Å². The van der Waals surface area contributed by atoms with Gasteiger partial charge in [-0.25, -0.2) is 9.37 Å². The van der Waals surface area contributed by atoms with Crippen molar-refractivity contribution < 1.29 is 18.6 Å². The Labute approximate surface area is 246 Å². The Morgan fingerprint density at radius 1 is 1.00 bits per heavy atom. The first-order chi connectivity index (χ1) is 19.9. The molecular formula is C31H28ClFN4O3S. The fraction of sp³-hybridized carbons (Fsp3) is 0.194. The highest BCUT2D eigenvalue weighted by atomic mass is 35.5. The maximum absolute atomic E-state index is 14.6. The predicted molar refractivity (Wildman–Crippen MR) is 162 cm³/mol. The van der Waals surface area contributed by atoms with Crippen LogP contribution in [0.4, 0.5) is 4.39 Å². The van der Waals surface area contributed by atoms with Crippen molar-refractivity contribution in [1.82, 2.24) is 19.7 Å². The van der Waals surface area contributed by atoms with Crippen molar-refractivity contribution in [2.24, 2.45) is 0 Å². The van der Waals surface area contributed by atoms with E-state index in [1.54, 1.807) is 33.5 Å². The molecule has 0 aliphatic carbocycles. The minimum atomic E-state index is -0.349. The Morgan fingerprint density at radius 3 is 2.41 bits per heavy atom. The van der Waals surface area contributed by atoms with E-state index in [0.29, 0.717) is 56.8 Å². The summed E-state index contributed by atoms with van der Waals surface area (Å²) in [5, 5.41) is 11.0. The molecule has 41 heavy (non-hydrogen) atoms. The predicted octanol–water partition coefficient (Wildman–Crippen LogP) is 7.77. The van der Waals surface area contributed by atoms with Gasteiger partial charge in [0.15, 0.2) is 22.5 Å². The number of fused-ring (bicyclic) bond motifs is 1. The Balaban J connectivity index is 1.63. The summed E-state index contributed by atoms with van der Waals surface area (Å²) >= 11 is 7.79. The van der Waals surface area contributed by atoms with Gasteiger partial charge in [0.05, 0.1) is 37.6 Å². The smallest absolute Gasteiger partial charge is 0.203 e. The van der Waals surface area contributed by atoms with Gasteiger partial charge in [-0.1, -0.05) is 53.7 Å². The number of aryl methyl sites for hydroxylation is 1. The highest BCUT2D eigenvalue weighted by molar-refractivity contribution is 7.98. The normalized spacial score (nSPS) is 11.1. The molecule has 0 radical (unpaired) electrons. The number of ether oxygens (including phenoxy) is 3. The lowest BCUT2D eigenvalue weighted by molar-refractivity contribution is 0.324. The van der Waals surface area contributed by atoms with Crippen LogP contribution in [0, 0.1) is 12.7 Å². The molecule has 0 atom stereocenters. The second-order valence-corrected chi connectivity index (χ2v) is 10.5. The maximum atomic E-state index is 14.6. The van der Waals surface area contributed by atoms with Crippen LogP contribution in [0.1, 0.15) is 11.1 Å². The number of thioether (sulfide) groups is 1. The molecule has 0 unspecified atom stereocenters. The van der Waals surface area contributed by atoms with E-state index < -0.39 is 0 Å². The number of halogens is 2. The van der Waals surface area contributed by atoms with E-state index in [1.807, 2.05) is 54.0 Å². The van der Waals surface area contributed by atoms with E-state index in [4.69, 9.17) is 30.8 Å². The van der Waals surface area contributed by atoms with Crippen LogP contribution in [0.5, 0.6) is 17.2 Å². The van der Waals surface area contributed by atoms with E-state index in [9.17, 15) is 4.39 Å². The molecule has 0 bridgehead atoms. The van der Waals surface area contributed by atoms with Crippen LogP contribution < -0.4 is 14.2 Å². The highest BCUT2D eigenvalue weighted by Gasteiger charge is 2.21. The van der Waals surface area contributed by atoms with E-state index in [1.165, 1.54) is 17.8 Å². The van der Waals surface area contributed by atoms with Crippen LogP contribution in [0.3, 0.4) is 0 Å². The average Bonchev–Trinajstić information content (AvgIpc) is 3.39. The summed E-state index contributed by atoms with van der Waals surface area (Å²) in [6.45, 7) is 6.24. The van der Waals surface area contributed by atoms with Crippen molar-refractivity contribution in [3.8, 4) is 39.9 Å². The number of benzene rings is 3. The summed E-state index contributed by atoms with van der Waals surface area (Å²) in [4.78, 5) is 4.93. The largest absolute Gasteiger partial charge is 0.493 e. The van der Waals surface area contributed by atoms with Gasteiger partial charge in [-0.3, -0.25) is 4.57 Å². The van der Waals surface area contributed by atoms with Crippen molar-refractivity contribution in [2.45, 2.75) is 24.4 Å². The van der Waals surface area contributed by atoms with E-state index >= 15 is 0 Å². The molecule has 0 aliphatic rings. The number of hydrogen-bond acceptors (Lipinski definition) is 7. The van der Waals surface area contributed by atoms with E-state index in [-0.39, 0.29) is 5.82 Å². The van der Waals surface area contributed by atoms with Crippen LogP contribution in [0.15, 0.2) is 72.4 Å². The summed E-state index contributed by atoms with van der Waals surface area (Å²) in [6.07, 6.45) is 1.78. The maximum Gasteiger partial charge on any atom is 0.203 e. The third-order valence-electron chi connectivity index (χ3n) is 6.67. The van der Waals surface area contributed by atoms with Gasteiger partial charge >= 0.3 is 0 Å². The minimum Gasteiger partial charge on any atom is -0.493 e. The highest BCUT2D eigenvalue weighted by Crippen LogP contribution is 2.42. The standard InChI is InChI=1S/C31H28ClFN4O3S/c1-6-13-37-30(35-36-31(37)41-17-22-23(33)12-11-18(2)28(22)32)21-16-25(34-24-10-8-7-9-20(21)24)19-14-26(38-3)29(40-5)27(15-19)39-4/h6-12,14-16H,1,13,17H2,2-5H3. The van der Waals surface area contributed by atoms with Gasteiger partial charge in [-0.05, 0) is 42.8 Å². The fourth-order valence-corrected chi connectivity index (χ4v) is 5.88. The van der Waals surface area contributed by atoms with Crippen molar-refractivity contribution in [3.63, 3.8) is 0 Å². The number of allylic oxidation sites excluding steroid dienone is 1. The molecule has 2 heterocycles. The van der Waals surface area contributed by atoms with Gasteiger partial charge in [-0.2, -0.15) is 0 Å². The number of nitrogens with zero attached hydrogens (tertiary/aromatic N) is 4. The molecule has 10 heteroatoms. The molecule has 0 saturated heterocycles. The first-order valence-corrected chi connectivity index (χ1v) is 14.1. The average molecular weight is 591 g/mol. The van der Waals surface area contributed by atoms with Crippen LogP contribution in [0.2, 0.25) is 5.02 Å². The topological polar surface area (TPSA) is 71.3 Å². The lowest BCUT2D eigenvalue weighted by Crippen LogP contribution is -2.02. The van der Waals surface area contributed by atoms with Gasteiger partial charge in [0, 0.05) is 34.4 Å². The lowest BCUT2D eigenvalue weighted by Gasteiger charge is -2.15. The second-order valence-electron chi connectivity index (χ2n) is 9.14. The SMILES string of the molecule is C=CCn1c(SCc2c(F)ccc(C)c2Cl)nnc1-c1cc(-c2cc(OC)c(OC)c(OC)c2)nc2ccccc12.